The molecule has 0 aromatic carbocycles. The monoisotopic (exact) mass is 267 g/mol. The van der Waals surface area contributed by atoms with Crippen LogP contribution in [0, 0.1) is 5.92 Å². The summed E-state index contributed by atoms with van der Waals surface area (Å²) in [7, 11) is 0. The average molecular weight is 267 g/mol. The standard InChI is InChI=1S/C14H25N3O2/c1-9(2)10(6-7-18)15-13(19)11-8-12(17-16-11)14(3,4)5/h8-10,18H,6-7H2,1-5H3,(H,15,19)(H,16,17). The Morgan fingerprint density at radius 2 is 2.11 bits per heavy atom. The van der Waals surface area contributed by atoms with E-state index in [0.29, 0.717) is 12.1 Å². The smallest absolute Gasteiger partial charge is 0.272 e. The van der Waals surface area contributed by atoms with Crippen LogP contribution in [0.3, 0.4) is 0 Å². The third kappa shape index (κ3) is 4.35. The number of amides is 1. The number of aliphatic hydroxyl groups excluding tert-OH is 1. The average Bonchev–Trinajstić information content (AvgIpc) is 2.76. The number of hydrogen-bond acceptors (Lipinski definition) is 3. The van der Waals surface area contributed by atoms with Crippen LogP contribution in [0.1, 0.15) is 57.2 Å². The molecule has 19 heavy (non-hydrogen) atoms. The van der Waals surface area contributed by atoms with Crippen LogP contribution in [0.4, 0.5) is 0 Å². The van der Waals surface area contributed by atoms with Crippen LogP contribution in [0.25, 0.3) is 0 Å². The number of hydrogen-bond donors (Lipinski definition) is 3. The van der Waals surface area contributed by atoms with Crippen molar-refractivity contribution >= 4 is 5.91 Å². The second-order valence-corrected chi connectivity index (χ2v) is 6.25. The Bertz CT molecular complexity index is 419. The second kappa shape index (κ2) is 6.19. The summed E-state index contributed by atoms with van der Waals surface area (Å²) in [5, 5.41) is 18.9. The van der Waals surface area contributed by atoms with E-state index in [2.05, 4.69) is 36.3 Å². The number of nitrogens with one attached hydrogen (secondary N) is 2. The van der Waals surface area contributed by atoms with Crippen molar-refractivity contribution in [3.05, 3.63) is 17.5 Å². The van der Waals surface area contributed by atoms with Gasteiger partial charge in [0.25, 0.3) is 5.91 Å². The van der Waals surface area contributed by atoms with Crippen molar-refractivity contribution in [3.8, 4) is 0 Å². The fraction of sp³-hybridized carbons (Fsp3) is 0.714. The van der Waals surface area contributed by atoms with E-state index < -0.39 is 0 Å². The van der Waals surface area contributed by atoms with Crippen LogP contribution >= 0.6 is 0 Å². The molecule has 0 aliphatic carbocycles. The van der Waals surface area contributed by atoms with Crippen molar-refractivity contribution in [2.45, 2.75) is 52.5 Å². The first-order valence-electron chi connectivity index (χ1n) is 6.73. The molecule has 0 aliphatic heterocycles. The zero-order valence-electron chi connectivity index (χ0n) is 12.4. The first-order chi connectivity index (χ1) is 8.75. The van der Waals surface area contributed by atoms with Crippen LogP contribution in [0.5, 0.6) is 0 Å². The highest BCUT2D eigenvalue weighted by atomic mass is 16.3. The van der Waals surface area contributed by atoms with Gasteiger partial charge in [-0.25, -0.2) is 0 Å². The van der Waals surface area contributed by atoms with E-state index in [0.717, 1.165) is 5.69 Å². The minimum Gasteiger partial charge on any atom is -0.396 e. The zero-order valence-corrected chi connectivity index (χ0v) is 12.4. The zero-order chi connectivity index (χ0) is 14.6. The van der Waals surface area contributed by atoms with E-state index in [1.807, 2.05) is 13.8 Å². The van der Waals surface area contributed by atoms with Crippen molar-refractivity contribution in [1.29, 1.82) is 0 Å². The molecule has 1 atom stereocenters. The summed E-state index contributed by atoms with van der Waals surface area (Å²) in [5.74, 6) is 0.0797. The molecule has 1 aromatic rings. The molecular weight excluding hydrogens is 242 g/mol. The number of nitrogens with zero attached hydrogens (tertiary/aromatic N) is 1. The van der Waals surface area contributed by atoms with Crippen molar-refractivity contribution in [2.24, 2.45) is 5.92 Å². The Morgan fingerprint density at radius 3 is 2.53 bits per heavy atom. The molecule has 0 spiro atoms. The largest absolute Gasteiger partial charge is 0.396 e. The maximum atomic E-state index is 12.1. The Morgan fingerprint density at radius 1 is 1.47 bits per heavy atom. The summed E-state index contributed by atoms with van der Waals surface area (Å²) >= 11 is 0. The van der Waals surface area contributed by atoms with E-state index in [-0.39, 0.29) is 29.9 Å². The van der Waals surface area contributed by atoms with E-state index in [4.69, 9.17) is 5.11 Å². The molecule has 5 nitrogen and oxygen atoms in total. The predicted molar refractivity (Wildman–Crippen MR) is 75.1 cm³/mol. The third-order valence-electron chi connectivity index (χ3n) is 3.18. The van der Waals surface area contributed by atoms with Gasteiger partial charge in [0.15, 0.2) is 0 Å². The summed E-state index contributed by atoms with van der Waals surface area (Å²) in [6.07, 6.45) is 0.556. The Labute approximate surface area is 114 Å². The van der Waals surface area contributed by atoms with Crippen LogP contribution in [-0.4, -0.2) is 33.9 Å². The Kier molecular flexibility index (Phi) is 5.11. The molecule has 0 saturated heterocycles. The molecule has 1 aromatic heterocycles. The highest BCUT2D eigenvalue weighted by Gasteiger charge is 2.21. The minimum absolute atomic E-state index is 0.0349. The molecule has 3 N–H and O–H groups in total. The van der Waals surface area contributed by atoms with Gasteiger partial charge in [-0.05, 0) is 18.4 Å². The number of carbonyl (C=O) groups excluding carboxylic acids is 1. The van der Waals surface area contributed by atoms with Gasteiger partial charge in [-0.15, -0.1) is 0 Å². The van der Waals surface area contributed by atoms with Gasteiger partial charge >= 0.3 is 0 Å². The maximum Gasteiger partial charge on any atom is 0.272 e. The van der Waals surface area contributed by atoms with E-state index in [1.165, 1.54) is 0 Å². The molecule has 1 amide bonds. The number of rotatable bonds is 5. The molecule has 0 aliphatic rings. The van der Waals surface area contributed by atoms with Gasteiger partial charge in [-0.1, -0.05) is 34.6 Å². The second-order valence-electron chi connectivity index (χ2n) is 6.25. The van der Waals surface area contributed by atoms with Crippen LogP contribution in [-0.2, 0) is 5.41 Å². The number of H-pyrrole nitrogens is 1. The molecule has 1 rings (SSSR count). The van der Waals surface area contributed by atoms with Gasteiger partial charge < -0.3 is 10.4 Å². The van der Waals surface area contributed by atoms with Gasteiger partial charge in [0.1, 0.15) is 5.69 Å². The van der Waals surface area contributed by atoms with Crippen molar-refractivity contribution < 1.29 is 9.90 Å². The predicted octanol–water partition coefficient (Wildman–Crippen LogP) is 1.84. The van der Waals surface area contributed by atoms with Crippen LogP contribution < -0.4 is 5.32 Å². The third-order valence-corrected chi connectivity index (χ3v) is 3.18. The minimum atomic E-state index is -0.195. The van der Waals surface area contributed by atoms with Gasteiger partial charge in [-0.2, -0.15) is 5.10 Å². The topological polar surface area (TPSA) is 78.0 Å². The number of aliphatic hydroxyl groups is 1. The fourth-order valence-electron chi connectivity index (χ4n) is 1.78. The van der Waals surface area contributed by atoms with E-state index in [1.54, 1.807) is 6.07 Å². The molecule has 108 valence electrons. The first-order valence-corrected chi connectivity index (χ1v) is 6.73. The van der Waals surface area contributed by atoms with Crippen molar-refractivity contribution in [1.82, 2.24) is 15.5 Å². The van der Waals surface area contributed by atoms with Gasteiger partial charge in [0.05, 0.1) is 0 Å². The summed E-state index contributed by atoms with van der Waals surface area (Å²) in [6, 6.07) is 1.75. The summed E-state index contributed by atoms with van der Waals surface area (Å²) in [5.41, 5.74) is 1.27. The molecule has 1 heterocycles. The van der Waals surface area contributed by atoms with Gasteiger partial charge in [-0.3, -0.25) is 9.89 Å². The number of carbonyl (C=O) groups is 1. The number of aromatic nitrogens is 2. The lowest BCUT2D eigenvalue weighted by atomic mass is 9.92. The van der Waals surface area contributed by atoms with Gasteiger partial charge in [0.2, 0.25) is 0 Å². The highest BCUT2D eigenvalue weighted by molar-refractivity contribution is 5.92. The molecule has 0 saturated carbocycles. The number of aromatic amines is 1. The lowest BCUT2D eigenvalue weighted by molar-refractivity contribution is 0.0911. The summed E-state index contributed by atoms with van der Waals surface area (Å²) < 4.78 is 0. The molecule has 0 radical (unpaired) electrons. The molecule has 5 heteroatoms. The lowest BCUT2D eigenvalue weighted by Crippen LogP contribution is -2.39. The summed E-state index contributed by atoms with van der Waals surface area (Å²) in [4.78, 5) is 12.1. The quantitative estimate of drug-likeness (QED) is 0.761. The lowest BCUT2D eigenvalue weighted by Gasteiger charge is -2.20. The SMILES string of the molecule is CC(C)C(CCO)NC(=O)c1cc(C(C)(C)C)[nH]n1. The highest BCUT2D eigenvalue weighted by Crippen LogP contribution is 2.20. The Balaban J connectivity index is 2.75. The van der Waals surface area contributed by atoms with Crippen molar-refractivity contribution in [2.75, 3.05) is 6.61 Å². The fourth-order valence-corrected chi connectivity index (χ4v) is 1.78. The molecule has 0 fully saturated rings. The van der Waals surface area contributed by atoms with Gasteiger partial charge in [0, 0.05) is 23.8 Å². The molecular formula is C14H25N3O2. The van der Waals surface area contributed by atoms with Crippen LogP contribution in [0.15, 0.2) is 6.07 Å². The maximum absolute atomic E-state index is 12.1. The summed E-state index contributed by atoms with van der Waals surface area (Å²) in [6.45, 7) is 10.3. The van der Waals surface area contributed by atoms with E-state index in [9.17, 15) is 4.79 Å². The normalized spacial score (nSPS) is 13.6. The first kappa shape index (κ1) is 15.7. The molecule has 1 unspecified atom stereocenters. The van der Waals surface area contributed by atoms with Crippen LogP contribution in [0.2, 0.25) is 0 Å². The molecule has 0 bridgehead atoms. The van der Waals surface area contributed by atoms with Crippen molar-refractivity contribution in [3.63, 3.8) is 0 Å². The Hall–Kier alpha value is -1.36. The van der Waals surface area contributed by atoms with E-state index >= 15 is 0 Å².